The van der Waals surface area contributed by atoms with Crippen molar-refractivity contribution in [3.8, 4) is 0 Å². The van der Waals surface area contributed by atoms with Crippen molar-refractivity contribution in [2.75, 3.05) is 18.5 Å². The standard InChI is InChI=1S/C9H13N3O3/c1-7(6-13)5-11-8-3-2-4-10-9(8)12(14)15/h2-4,7,11,13H,5-6H2,1H3. The maximum atomic E-state index is 10.6. The maximum Gasteiger partial charge on any atom is 0.386 e. The number of aliphatic hydroxyl groups is 1. The predicted molar refractivity (Wildman–Crippen MR) is 55.6 cm³/mol. The van der Waals surface area contributed by atoms with Gasteiger partial charge in [0.15, 0.2) is 0 Å². The Morgan fingerprint density at radius 3 is 3.07 bits per heavy atom. The number of aliphatic hydroxyl groups excluding tert-OH is 1. The summed E-state index contributed by atoms with van der Waals surface area (Å²) in [6, 6.07) is 3.22. The lowest BCUT2D eigenvalue weighted by Gasteiger charge is -2.10. The second kappa shape index (κ2) is 5.26. The molecule has 1 unspecified atom stereocenters. The fourth-order valence-electron chi connectivity index (χ4n) is 1.03. The molecule has 0 aliphatic heterocycles. The number of nitro groups is 1. The minimum Gasteiger partial charge on any atom is -0.396 e. The van der Waals surface area contributed by atoms with E-state index in [1.807, 2.05) is 6.92 Å². The van der Waals surface area contributed by atoms with Crippen LogP contribution in [-0.2, 0) is 0 Å². The summed E-state index contributed by atoms with van der Waals surface area (Å²) in [5, 5.41) is 22.3. The first kappa shape index (κ1) is 11.4. The van der Waals surface area contributed by atoms with Gasteiger partial charge < -0.3 is 20.5 Å². The van der Waals surface area contributed by atoms with Crippen LogP contribution in [0.1, 0.15) is 6.92 Å². The van der Waals surface area contributed by atoms with Crippen LogP contribution in [0.5, 0.6) is 0 Å². The highest BCUT2D eigenvalue weighted by molar-refractivity contribution is 5.56. The Labute approximate surface area is 87.1 Å². The molecule has 1 atom stereocenters. The number of aromatic nitrogens is 1. The Hall–Kier alpha value is -1.69. The minimum atomic E-state index is -0.536. The van der Waals surface area contributed by atoms with E-state index in [1.54, 1.807) is 12.1 Å². The molecule has 6 nitrogen and oxygen atoms in total. The molecule has 0 aromatic carbocycles. The van der Waals surface area contributed by atoms with Crippen LogP contribution < -0.4 is 5.32 Å². The zero-order valence-electron chi connectivity index (χ0n) is 8.38. The molecular formula is C9H13N3O3. The first-order valence-corrected chi connectivity index (χ1v) is 4.59. The second-order valence-electron chi connectivity index (χ2n) is 3.30. The average Bonchev–Trinajstić information content (AvgIpc) is 2.26. The van der Waals surface area contributed by atoms with Crippen LogP contribution in [0.25, 0.3) is 0 Å². The van der Waals surface area contributed by atoms with Crippen LogP contribution in [0.3, 0.4) is 0 Å². The SMILES string of the molecule is CC(CO)CNc1cccnc1[N+](=O)[O-]. The molecule has 0 saturated carbocycles. The van der Waals surface area contributed by atoms with Gasteiger partial charge in [0, 0.05) is 13.2 Å². The molecule has 1 rings (SSSR count). The number of anilines is 1. The predicted octanol–water partition coefficient (Wildman–Crippen LogP) is 1.03. The van der Waals surface area contributed by atoms with E-state index >= 15 is 0 Å². The van der Waals surface area contributed by atoms with Gasteiger partial charge in [-0.2, -0.15) is 0 Å². The van der Waals surface area contributed by atoms with Gasteiger partial charge in [0.05, 0.1) is 0 Å². The summed E-state index contributed by atoms with van der Waals surface area (Å²) in [6.45, 7) is 2.36. The van der Waals surface area contributed by atoms with Gasteiger partial charge in [-0.25, -0.2) is 0 Å². The van der Waals surface area contributed by atoms with E-state index in [-0.39, 0.29) is 18.3 Å². The van der Waals surface area contributed by atoms with Gasteiger partial charge in [0.1, 0.15) is 11.9 Å². The zero-order valence-corrected chi connectivity index (χ0v) is 8.38. The quantitative estimate of drug-likeness (QED) is 0.561. The Kier molecular flexibility index (Phi) is 3.99. The molecule has 0 fully saturated rings. The number of nitrogens with zero attached hydrogens (tertiary/aromatic N) is 2. The fourth-order valence-corrected chi connectivity index (χ4v) is 1.03. The molecule has 0 amide bonds. The first-order valence-electron chi connectivity index (χ1n) is 4.59. The molecule has 0 bridgehead atoms. The van der Waals surface area contributed by atoms with Crippen LogP contribution in [0.4, 0.5) is 11.5 Å². The second-order valence-corrected chi connectivity index (χ2v) is 3.30. The summed E-state index contributed by atoms with van der Waals surface area (Å²) in [6.07, 6.45) is 1.37. The molecule has 0 spiro atoms. The third kappa shape index (κ3) is 3.17. The number of hydrogen-bond donors (Lipinski definition) is 2. The van der Waals surface area contributed by atoms with Gasteiger partial charge in [0.25, 0.3) is 0 Å². The van der Waals surface area contributed by atoms with Crippen LogP contribution >= 0.6 is 0 Å². The normalized spacial score (nSPS) is 12.1. The van der Waals surface area contributed by atoms with Gasteiger partial charge in [0.2, 0.25) is 0 Å². The van der Waals surface area contributed by atoms with E-state index in [2.05, 4.69) is 10.3 Å². The highest BCUT2D eigenvalue weighted by Gasteiger charge is 2.13. The summed E-state index contributed by atoms with van der Waals surface area (Å²) >= 11 is 0. The molecule has 15 heavy (non-hydrogen) atoms. The largest absolute Gasteiger partial charge is 0.396 e. The Balaban J connectivity index is 2.72. The van der Waals surface area contributed by atoms with Gasteiger partial charge in [-0.05, 0) is 28.0 Å². The van der Waals surface area contributed by atoms with Crippen molar-refractivity contribution in [3.63, 3.8) is 0 Å². The van der Waals surface area contributed by atoms with Crippen molar-refractivity contribution in [3.05, 3.63) is 28.4 Å². The highest BCUT2D eigenvalue weighted by atomic mass is 16.6. The van der Waals surface area contributed by atoms with Crippen molar-refractivity contribution in [1.82, 2.24) is 4.98 Å². The molecule has 82 valence electrons. The van der Waals surface area contributed by atoms with Gasteiger partial charge in [-0.3, -0.25) is 0 Å². The maximum absolute atomic E-state index is 10.6. The number of nitrogens with one attached hydrogen (secondary N) is 1. The zero-order chi connectivity index (χ0) is 11.3. The molecule has 0 saturated heterocycles. The van der Waals surface area contributed by atoms with Crippen molar-refractivity contribution in [2.24, 2.45) is 5.92 Å². The van der Waals surface area contributed by atoms with Gasteiger partial charge >= 0.3 is 5.82 Å². The lowest BCUT2D eigenvalue weighted by atomic mass is 10.2. The van der Waals surface area contributed by atoms with Gasteiger partial charge in [-0.15, -0.1) is 0 Å². The lowest BCUT2D eigenvalue weighted by Crippen LogP contribution is -2.15. The molecule has 1 aromatic heterocycles. The number of rotatable bonds is 5. The fraction of sp³-hybridized carbons (Fsp3) is 0.444. The summed E-state index contributed by atoms with van der Waals surface area (Å²) < 4.78 is 0. The summed E-state index contributed by atoms with van der Waals surface area (Å²) in [5.41, 5.74) is 0.378. The van der Waals surface area contributed by atoms with E-state index < -0.39 is 4.92 Å². The number of hydrogen-bond acceptors (Lipinski definition) is 5. The van der Waals surface area contributed by atoms with Crippen LogP contribution in [-0.4, -0.2) is 28.2 Å². The third-order valence-corrected chi connectivity index (χ3v) is 1.91. The molecule has 2 N–H and O–H groups in total. The molecule has 0 aliphatic carbocycles. The van der Waals surface area contributed by atoms with E-state index in [1.165, 1.54) is 6.20 Å². The summed E-state index contributed by atoms with van der Waals surface area (Å²) in [5.74, 6) is -0.146. The minimum absolute atomic E-state index is 0.0427. The summed E-state index contributed by atoms with van der Waals surface area (Å²) in [4.78, 5) is 13.7. The topological polar surface area (TPSA) is 88.3 Å². The van der Waals surface area contributed by atoms with E-state index in [0.29, 0.717) is 12.2 Å². The monoisotopic (exact) mass is 211 g/mol. The highest BCUT2D eigenvalue weighted by Crippen LogP contribution is 2.19. The van der Waals surface area contributed by atoms with E-state index in [4.69, 9.17) is 5.11 Å². The van der Waals surface area contributed by atoms with Crippen molar-refractivity contribution < 1.29 is 10.0 Å². The van der Waals surface area contributed by atoms with Crippen LogP contribution in [0.15, 0.2) is 18.3 Å². The number of pyridine rings is 1. The van der Waals surface area contributed by atoms with Crippen molar-refractivity contribution in [1.29, 1.82) is 0 Å². The molecule has 1 aromatic rings. The van der Waals surface area contributed by atoms with Crippen molar-refractivity contribution >= 4 is 11.5 Å². The van der Waals surface area contributed by atoms with Crippen LogP contribution in [0, 0.1) is 16.0 Å². The smallest absolute Gasteiger partial charge is 0.386 e. The Morgan fingerprint density at radius 1 is 1.73 bits per heavy atom. The van der Waals surface area contributed by atoms with Crippen LogP contribution in [0.2, 0.25) is 0 Å². The third-order valence-electron chi connectivity index (χ3n) is 1.91. The molecule has 1 heterocycles. The molecule has 6 heteroatoms. The Morgan fingerprint density at radius 2 is 2.47 bits per heavy atom. The first-order chi connectivity index (χ1) is 7.15. The van der Waals surface area contributed by atoms with E-state index in [9.17, 15) is 10.1 Å². The van der Waals surface area contributed by atoms with E-state index in [0.717, 1.165) is 0 Å². The lowest BCUT2D eigenvalue weighted by molar-refractivity contribution is -0.388. The molecule has 0 aliphatic rings. The molecule has 0 radical (unpaired) electrons. The van der Waals surface area contributed by atoms with Crippen molar-refractivity contribution in [2.45, 2.75) is 6.92 Å². The Bertz CT molecular complexity index is 343. The molecular weight excluding hydrogens is 198 g/mol. The average molecular weight is 211 g/mol. The summed E-state index contributed by atoms with van der Waals surface area (Å²) in [7, 11) is 0. The van der Waals surface area contributed by atoms with Gasteiger partial charge in [-0.1, -0.05) is 6.92 Å².